The Kier molecular flexibility index (Phi) is 6.12. The van der Waals surface area contributed by atoms with Crippen LogP contribution in [0.25, 0.3) is 11.8 Å². The molecule has 1 atom stereocenters. The maximum absolute atomic E-state index is 13.2. The molecular formula is C17H20ClFN8O. The average Bonchev–Trinajstić information content (AvgIpc) is 3.31. The third-order valence-corrected chi connectivity index (χ3v) is 4.50. The second kappa shape index (κ2) is 8.55. The number of tetrazole rings is 1. The van der Waals surface area contributed by atoms with Crippen LogP contribution in [0.2, 0.25) is 0 Å². The van der Waals surface area contributed by atoms with E-state index in [0.717, 1.165) is 25.2 Å². The molecule has 1 aromatic carbocycles. The molecule has 0 amide bonds. The SMILES string of the molecule is Cc1nnnn1/C(=C\c1ccc(F)cc1)c1nc(C2CNCCN2C)no1.Cl. The highest BCUT2D eigenvalue weighted by atomic mass is 35.5. The molecule has 0 saturated carbocycles. The van der Waals surface area contributed by atoms with Gasteiger partial charge in [0.2, 0.25) is 0 Å². The zero-order valence-electron chi connectivity index (χ0n) is 15.4. The molecule has 9 nitrogen and oxygen atoms in total. The van der Waals surface area contributed by atoms with Gasteiger partial charge in [0, 0.05) is 19.6 Å². The average molecular weight is 407 g/mol. The van der Waals surface area contributed by atoms with Crippen molar-refractivity contribution in [3.05, 3.63) is 53.2 Å². The summed E-state index contributed by atoms with van der Waals surface area (Å²) in [5.41, 5.74) is 1.28. The highest BCUT2D eigenvalue weighted by Crippen LogP contribution is 2.23. The molecule has 28 heavy (non-hydrogen) atoms. The minimum atomic E-state index is -0.305. The molecule has 1 saturated heterocycles. The first-order valence-electron chi connectivity index (χ1n) is 8.59. The number of aryl methyl sites for hydroxylation is 1. The van der Waals surface area contributed by atoms with Gasteiger partial charge >= 0.3 is 0 Å². The van der Waals surface area contributed by atoms with Gasteiger partial charge in [-0.2, -0.15) is 9.67 Å². The molecule has 0 aliphatic carbocycles. The number of piperazine rings is 1. The van der Waals surface area contributed by atoms with E-state index in [-0.39, 0.29) is 24.3 Å². The van der Waals surface area contributed by atoms with Crippen LogP contribution in [0.5, 0.6) is 0 Å². The van der Waals surface area contributed by atoms with Crippen LogP contribution in [0, 0.1) is 12.7 Å². The Morgan fingerprint density at radius 3 is 2.79 bits per heavy atom. The number of nitrogens with one attached hydrogen (secondary N) is 1. The fourth-order valence-electron chi connectivity index (χ4n) is 2.95. The summed E-state index contributed by atoms with van der Waals surface area (Å²) < 4.78 is 20.3. The minimum Gasteiger partial charge on any atom is -0.332 e. The Labute approximate surface area is 167 Å². The Bertz CT molecular complexity index is 954. The van der Waals surface area contributed by atoms with Gasteiger partial charge in [-0.25, -0.2) is 4.39 Å². The van der Waals surface area contributed by atoms with Crippen molar-refractivity contribution in [3.8, 4) is 0 Å². The van der Waals surface area contributed by atoms with Crippen LogP contribution >= 0.6 is 12.4 Å². The molecule has 1 aliphatic rings. The summed E-state index contributed by atoms with van der Waals surface area (Å²) in [6.45, 7) is 4.35. The molecule has 0 radical (unpaired) electrons. The number of hydrogen-bond acceptors (Lipinski definition) is 8. The van der Waals surface area contributed by atoms with Crippen molar-refractivity contribution in [1.29, 1.82) is 0 Å². The molecule has 11 heteroatoms. The maximum Gasteiger partial charge on any atom is 0.276 e. The van der Waals surface area contributed by atoms with Gasteiger partial charge in [0.1, 0.15) is 11.5 Å². The molecule has 1 aliphatic heterocycles. The van der Waals surface area contributed by atoms with Crippen LogP contribution in [0.1, 0.15) is 29.1 Å². The summed E-state index contributed by atoms with van der Waals surface area (Å²) in [4.78, 5) is 6.75. The van der Waals surface area contributed by atoms with Crippen molar-refractivity contribution in [2.75, 3.05) is 26.7 Å². The number of likely N-dealkylation sites (N-methyl/N-ethyl adjacent to an activating group) is 1. The third-order valence-electron chi connectivity index (χ3n) is 4.50. The second-order valence-electron chi connectivity index (χ2n) is 6.38. The first-order chi connectivity index (χ1) is 13.1. The summed E-state index contributed by atoms with van der Waals surface area (Å²) in [6.07, 6.45) is 1.78. The summed E-state index contributed by atoms with van der Waals surface area (Å²) in [5, 5.41) is 19.1. The predicted molar refractivity (Wildman–Crippen MR) is 102 cm³/mol. The van der Waals surface area contributed by atoms with Crippen LogP contribution in [0.4, 0.5) is 4.39 Å². The van der Waals surface area contributed by atoms with E-state index in [1.54, 1.807) is 25.1 Å². The number of nitrogens with zero attached hydrogens (tertiary/aromatic N) is 7. The molecule has 0 bridgehead atoms. The molecule has 1 N–H and O–H groups in total. The van der Waals surface area contributed by atoms with Crippen molar-refractivity contribution >= 4 is 24.2 Å². The molecule has 2 aromatic heterocycles. The predicted octanol–water partition coefficient (Wildman–Crippen LogP) is 1.55. The largest absolute Gasteiger partial charge is 0.332 e. The zero-order valence-corrected chi connectivity index (χ0v) is 16.2. The van der Waals surface area contributed by atoms with Crippen molar-refractivity contribution in [2.24, 2.45) is 0 Å². The topological polar surface area (TPSA) is 97.8 Å². The van der Waals surface area contributed by atoms with Crippen LogP contribution in [-0.4, -0.2) is 61.9 Å². The standard InChI is InChI=1S/C17H19FN8O.ClH/c1-11-21-23-24-26(11)14(9-12-3-5-13(18)6-4-12)17-20-16(22-27-17)15-10-19-7-8-25(15)2;/h3-6,9,15,19H,7-8,10H2,1-2H3;1H/b14-9-;. The first-order valence-corrected chi connectivity index (χ1v) is 8.59. The van der Waals surface area contributed by atoms with Gasteiger partial charge in [-0.3, -0.25) is 4.90 Å². The van der Waals surface area contributed by atoms with Gasteiger partial charge in [-0.1, -0.05) is 17.3 Å². The zero-order chi connectivity index (χ0) is 18.8. The Morgan fingerprint density at radius 2 is 2.11 bits per heavy atom. The van der Waals surface area contributed by atoms with E-state index in [1.807, 2.05) is 7.05 Å². The third kappa shape index (κ3) is 4.08. The van der Waals surface area contributed by atoms with E-state index in [2.05, 4.69) is 35.9 Å². The van der Waals surface area contributed by atoms with Crippen molar-refractivity contribution in [2.45, 2.75) is 13.0 Å². The van der Waals surface area contributed by atoms with E-state index in [9.17, 15) is 4.39 Å². The number of halogens is 2. The lowest BCUT2D eigenvalue weighted by atomic mass is 10.2. The molecule has 3 aromatic rings. The number of rotatable bonds is 4. The summed E-state index contributed by atoms with van der Waals surface area (Å²) in [5.74, 6) is 1.15. The maximum atomic E-state index is 13.2. The van der Waals surface area contributed by atoms with Crippen LogP contribution < -0.4 is 5.32 Å². The molecule has 1 fully saturated rings. The molecule has 3 heterocycles. The first kappa shape index (κ1) is 20.1. The van der Waals surface area contributed by atoms with Gasteiger partial charge in [0.05, 0.1) is 6.04 Å². The van der Waals surface area contributed by atoms with Gasteiger partial charge in [-0.15, -0.1) is 17.5 Å². The van der Waals surface area contributed by atoms with E-state index in [0.29, 0.717) is 23.2 Å². The van der Waals surface area contributed by atoms with Gasteiger partial charge in [0.25, 0.3) is 5.89 Å². The number of hydrogen-bond donors (Lipinski definition) is 1. The van der Waals surface area contributed by atoms with Crippen LogP contribution in [-0.2, 0) is 0 Å². The van der Waals surface area contributed by atoms with Crippen LogP contribution in [0.3, 0.4) is 0 Å². The molecule has 0 spiro atoms. The molecular weight excluding hydrogens is 387 g/mol. The fourth-order valence-corrected chi connectivity index (χ4v) is 2.95. The summed E-state index contributed by atoms with van der Waals surface area (Å²) in [7, 11) is 2.03. The smallest absolute Gasteiger partial charge is 0.276 e. The quantitative estimate of drug-likeness (QED) is 0.696. The summed E-state index contributed by atoms with van der Waals surface area (Å²) >= 11 is 0. The van der Waals surface area contributed by atoms with E-state index >= 15 is 0 Å². The van der Waals surface area contributed by atoms with Gasteiger partial charge < -0.3 is 9.84 Å². The van der Waals surface area contributed by atoms with Gasteiger partial charge in [0.15, 0.2) is 11.6 Å². The Hall–Kier alpha value is -2.69. The monoisotopic (exact) mass is 406 g/mol. The van der Waals surface area contributed by atoms with E-state index in [4.69, 9.17) is 4.52 Å². The molecule has 4 rings (SSSR count). The number of benzene rings is 1. The Balaban J connectivity index is 0.00000225. The highest BCUT2D eigenvalue weighted by Gasteiger charge is 2.26. The highest BCUT2D eigenvalue weighted by molar-refractivity contribution is 5.85. The lowest BCUT2D eigenvalue weighted by molar-refractivity contribution is 0.190. The van der Waals surface area contributed by atoms with Crippen molar-refractivity contribution < 1.29 is 8.91 Å². The fraction of sp³-hybridized carbons (Fsp3) is 0.353. The molecule has 148 valence electrons. The van der Waals surface area contributed by atoms with Gasteiger partial charge in [-0.05, 0) is 48.2 Å². The van der Waals surface area contributed by atoms with Crippen molar-refractivity contribution in [3.63, 3.8) is 0 Å². The lowest BCUT2D eigenvalue weighted by Gasteiger charge is -2.30. The summed E-state index contributed by atoms with van der Waals surface area (Å²) in [6, 6.07) is 6.12. The number of aromatic nitrogens is 6. The van der Waals surface area contributed by atoms with E-state index < -0.39 is 0 Å². The Morgan fingerprint density at radius 1 is 1.32 bits per heavy atom. The molecule has 1 unspecified atom stereocenters. The normalized spacial score (nSPS) is 18.1. The van der Waals surface area contributed by atoms with E-state index in [1.165, 1.54) is 16.8 Å². The van der Waals surface area contributed by atoms with Crippen LogP contribution in [0.15, 0.2) is 28.8 Å². The van der Waals surface area contributed by atoms with Crippen molar-refractivity contribution in [1.82, 2.24) is 40.6 Å². The lowest BCUT2D eigenvalue weighted by Crippen LogP contribution is -2.44. The minimum absolute atomic E-state index is 0. The second-order valence-corrected chi connectivity index (χ2v) is 6.38.